The van der Waals surface area contributed by atoms with Gasteiger partial charge in [-0.3, -0.25) is 10.1 Å². The molecule has 0 spiro atoms. The normalized spacial score (nSPS) is 10.3. The number of hydrogen-bond donors (Lipinski definition) is 1. The second-order valence-electron chi connectivity index (χ2n) is 3.36. The topological polar surface area (TPSA) is 81.5 Å². The van der Waals surface area contributed by atoms with Crippen molar-refractivity contribution >= 4 is 17.9 Å². The van der Waals surface area contributed by atoms with Crippen molar-refractivity contribution in [3.63, 3.8) is 0 Å². The molecule has 0 bridgehead atoms. The number of nitro groups is 1. The summed E-state index contributed by atoms with van der Waals surface area (Å²) in [4.78, 5) is 21.0. The molecule has 18 heavy (non-hydrogen) atoms. The molecule has 0 atom stereocenters. The number of ether oxygens (including phenoxy) is 1. The predicted octanol–water partition coefficient (Wildman–Crippen LogP) is 2.35. The highest BCUT2D eigenvalue weighted by Gasteiger charge is 2.03. The van der Waals surface area contributed by atoms with Gasteiger partial charge in [0.05, 0.1) is 11.5 Å². The molecule has 1 N–H and O–H groups in total. The van der Waals surface area contributed by atoms with Crippen molar-refractivity contribution in [1.29, 1.82) is 0 Å². The van der Waals surface area contributed by atoms with Crippen LogP contribution < -0.4 is 5.32 Å². The van der Waals surface area contributed by atoms with E-state index in [0.717, 1.165) is 0 Å². The number of nitrogens with one attached hydrogen (secondary N) is 1. The lowest BCUT2D eigenvalue weighted by Gasteiger charge is -2.01. The SMILES string of the molecule is CCOC(=O)NC/C=C/c1cccc([N+](=O)[O-])c1. The lowest BCUT2D eigenvalue weighted by Crippen LogP contribution is -2.24. The largest absolute Gasteiger partial charge is 0.450 e. The summed E-state index contributed by atoms with van der Waals surface area (Å²) in [6.07, 6.45) is 2.90. The van der Waals surface area contributed by atoms with Gasteiger partial charge in [-0.2, -0.15) is 0 Å². The van der Waals surface area contributed by atoms with Gasteiger partial charge in [0.2, 0.25) is 0 Å². The number of benzene rings is 1. The first-order valence-corrected chi connectivity index (χ1v) is 5.45. The van der Waals surface area contributed by atoms with E-state index in [1.54, 1.807) is 31.2 Å². The summed E-state index contributed by atoms with van der Waals surface area (Å²) in [5, 5.41) is 13.1. The highest BCUT2D eigenvalue weighted by Crippen LogP contribution is 2.13. The van der Waals surface area contributed by atoms with Crippen molar-refractivity contribution in [2.45, 2.75) is 6.92 Å². The molecule has 1 amide bonds. The smallest absolute Gasteiger partial charge is 0.407 e. The number of nitrogens with zero attached hydrogens (tertiary/aromatic N) is 1. The average molecular weight is 250 g/mol. The molecule has 1 rings (SSSR count). The van der Waals surface area contributed by atoms with E-state index < -0.39 is 11.0 Å². The number of nitro benzene ring substituents is 1. The second kappa shape index (κ2) is 7.05. The summed E-state index contributed by atoms with van der Waals surface area (Å²) < 4.78 is 4.67. The molecule has 1 aromatic carbocycles. The van der Waals surface area contributed by atoms with E-state index in [1.165, 1.54) is 12.1 Å². The standard InChI is InChI=1S/C12H14N2O4/c1-2-18-12(15)13-8-4-6-10-5-3-7-11(9-10)14(16)17/h3-7,9H,2,8H2,1H3,(H,13,15)/b6-4+. The van der Waals surface area contributed by atoms with Gasteiger partial charge in [-0.05, 0) is 12.5 Å². The van der Waals surface area contributed by atoms with E-state index in [9.17, 15) is 14.9 Å². The van der Waals surface area contributed by atoms with Crippen molar-refractivity contribution in [2.24, 2.45) is 0 Å². The van der Waals surface area contributed by atoms with Gasteiger partial charge in [0.15, 0.2) is 0 Å². The first-order chi connectivity index (χ1) is 8.63. The lowest BCUT2D eigenvalue weighted by atomic mass is 10.2. The molecule has 0 heterocycles. The molecule has 0 unspecified atom stereocenters. The summed E-state index contributed by atoms with van der Waals surface area (Å²) in [6, 6.07) is 6.24. The number of amides is 1. The van der Waals surface area contributed by atoms with Gasteiger partial charge < -0.3 is 10.1 Å². The molecule has 0 aliphatic carbocycles. The summed E-state index contributed by atoms with van der Waals surface area (Å²) in [6.45, 7) is 2.35. The Hall–Kier alpha value is -2.37. The van der Waals surface area contributed by atoms with E-state index in [-0.39, 0.29) is 5.69 Å². The molecular formula is C12H14N2O4. The number of carbonyl (C=O) groups is 1. The van der Waals surface area contributed by atoms with Crippen LogP contribution in [0.3, 0.4) is 0 Å². The van der Waals surface area contributed by atoms with Crippen molar-refractivity contribution < 1.29 is 14.5 Å². The molecule has 0 aromatic heterocycles. The van der Waals surface area contributed by atoms with Crippen LogP contribution in [0.5, 0.6) is 0 Å². The minimum Gasteiger partial charge on any atom is -0.450 e. The Bertz CT molecular complexity index is 457. The van der Waals surface area contributed by atoms with Gasteiger partial charge in [0.25, 0.3) is 5.69 Å². The maximum absolute atomic E-state index is 10.9. The third-order valence-corrected chi connectivity index (χ3v) is 2.03. The van der Waals surface area contributed by atoms with E-state index in [0.29, 0.717) is 18.7 Å². The Labute approximate surface area is 104 Å². The summed E-state index contributed by atoms with van der Waals surface area (Å²) in [5.41, 5.74) is 0.741. The van der Waals surface area contributed by atoms with Crippen LogP contribution in [0.1, 0.15) is 12.5 Å². The van der Waals surface area contributed by atoms with E-state index in [2.05, 4.69) is 10.1 Å². The molecule has 0 aliphatic heterocycles. The highest BCUT2D eigenvalue weighted by atomic mass is 16.6. The number of hydrogen-bond acceptors (Lipinski definition) is 4. The quantitative estimate of drug-likeness (QED) is 0.642. The number of rotatable bonds is 5. The molecule has 0 radical (unpaired) electrons. The van der Waals surface area contributed by atoms with Crippen LogP contribution in [0.4, 0.5) is 10.5 Å². The Morgan fingerprint density at radius 1 is 1.56 bits per heavy atom. The van der Waals surface area contributed by atoms with Crippen LogP contribution in [-0.4, -0.2) is 24.2 Å². The monoisotopic (exact) mass is 250 g/mol. The Morgan fingerprint density at radius 2 is 2.33 bits per heavy atom. The first-order valence-electron chi connectivity index (χ1n) is 5.45. The zero-order valence-electron chi connectivity index (χ0n) is 9.96. The first kappa shape index (κ1) is 13.7. The van der Waals surface area contributed by atoms with Crippen molar-refractivity contribution in [2.75, 3.05) is 13.2 Å². The predicted molar refractivity (Wildman–Crippen MR) is 67.2 cm³/mol. The van der Waals surface area contributed by atoms with Gasteiger partial charge in [-0.1, -0.05) is 24.3 Å². The van der Waals surface area contributed by atoms with Crippen molar-refractivity contribution in [3.8, 4) is 0 Å². The van der Waals surface area contributed by atoms with Crippen molar-refractivity contribution in [1.82, 2.24) is 5.32 Å². The molecule has 0 saturated heterocycles. The number of non-ortho nitro benzene ring substituents is 1. The fourth-order valence-corrected chi connectivity index (χ4v) is 1.26. The molecule has 6 heteroatoms. The van der Waals surface area contributed by atoms with Gasteiger partial charge in [0, 0.05) is 18.7 Å². The zero-order valence-corrected chi connectivity index (χ0v) is 9.96. The summed E-state index contributed by atoms with van der Waals surface area (Å²) in [7, 11) is 0. The van der Waals surface area contributed by atoms with Gasteiger partial charge in [-0.15, -0.1) is 0 Å². The molecule has 0 fully saturated rings. The molecule has 0 saturated carbocycles. The van der Waals surface area contributed by atoms with Crippen LogP contribution in [0, 0.1) is 10.1 Å². The third-order valence-electron chi connectivity index (χ3n) is 2.03. The molecule has 0 aliphatic rings. The maximum Gasteiger partial charge on any atom is 0.407 e. The number of carbonyl (C=O) groups excluding carboxylic acids is 1. The Kier molecular flexibility index (Phi) is 5.37. The minimum atomic E-state index is -0.485. The van der Waals surface area contributed by atoms with Crippen molar-refractivity contribution in [3.05, 3.63) is 46.0 Å². The maximum atomic E-state index is 10.9. The molecular weight excluding hydrogens is 236 g/mol. The van der Waals surface area contributed by atoms with Gasteiger partial charge in [-0.25, -0.2) is 4.79 Å². The van der Waals surface area contributed by atoms with E-state index in [4.69, 9.17) is 0 Å². The van der Waals surface area contributed by atoms with Crippen LogP contribution in [-0.2, 0) is 4.74 Å². The second-order valence-corrected chi connectivity index (χ2v) is 3.36. The molecule has 6 nitrogen and oxygen atoms in total. The van der Waals surface area contributed by atoms with Crippen LogP contribution in [0.15, 0.2) is 30.3 Å². The molecule has 96 valence electrons. The average Bonchev–Trinajstić information content (AvgIpc) is 2.35. The Balaban J connectivity index is 2.49. The lowest BCUT2D eigenvalue weighted by molar-refractivity contribution is -0.384. The fraction of sp³-hybridized carbons (Fsp3) is 0.250. The number of alkyl carbamates (subject to hydrolysis) is 1. The zero-order chi connectivity index (χ0) is 13.4. The van der Waals surface area contributed by atoms with Gasteiger partial charge in [0.1, 0.15) is 0 Å². The van der Waals surface area contributed by atoms with Crippen LogP contribution in [0.25, 0.3) is 6.08 Å². The fourth-order valence-electron chi connectivity index (χ4n) is 1.26. The van der Waals surface area contributed by atoms with E-state index >= 15 is 0 Å². The highest BCUT2D eigenvalue weighted by molar-refractivity contribution is 5.67. The third kappa shape index (κ3) is 4.65. The van der Waals surface area contributed by atoms with Crippen LogP contribution in [0.2, 0.25) is 0 Å². The van der Waals surface area contributed by atoms with Crippen LogP contribution >= 0.6 is 0 Å². The molecule has 1 aromatic rings. The Morgan fingerprint density at radius 3 is 3.00 bits per heavy atom. The van der Waals surface area contributed by atoms with Gasteiger partial charge >= 0.3 is 6.09 Å². The minimum absolute atomic E-state index is 0.0375. The summed E-state index contributed by atoms with van der Waals surface area (Å²) in [5.74, 6) is 0. The summed E-state index contributed by atoms with van der Waals surface area (Å²) >= 11 is 0. The van der Waals surface area contributed by atoms with E-state index in [1.807, 2.05) is 0 Å².